The van der Waals surface area contributed by atoms with Crippen molar-refractivity contribution in [2.45, 2.75) is 26.8 Å². The number of likely N-dealkylation sites (N-methyl/N-ethyl adjacent to an activating group) is 1. The average molecular weight is 284 g/mol. The molecule has 0 aromatic heterocycles. The summed E-state index contributed by atoms with van der Waals surface area (Å²) in [5, 5.41) is 0.327. The molecule has 0 bridgehead atoms. The summed E-state index contributed by atoms with van der Waals surface area (Å²) in [4.78, 5) is 24.5. The van der Waals surface area contributed by atoms with E-state index in [2.05, 4.69) is 0 Å². The smallest absolute Gasteiger partial charge is 0.260 e. The molecule has 1 amide bonds. The lowest BCUT2D eigenvalue weighted by molar-refractivity contribution is -0.133. The van der Waals surface area contributed by atoms with Crippen molar-refractivity contribution in [2.24, 2.45) is 0 Å². The molecule has 4 nitrogen and oxygen atoms in total. The molecule has 0 aliphatic rings. The Morgan fingerprint density at radius 1 is 1.37 bits per heavy atom. The van der Waals surface area contributed by atoms with Crippen LogP contribution in [0, 0.1) is 0 Å². The normalized spacial score (nSPS) is 10.4. The average Bonchev–Trinajstić information content (AvgIpc) is 2.35. The van der Waals surface area contributed by atoms with Crippen molar-refractivity contribution in [1.82, 2.24) is 4.90 Å². The number of hydrogen-bond donors (Lipinski definition) is 0. The number of ether oxygens (including phenoxy) is 1. The fourth-order valence-electron chi connectivity index (χ4n) is 1.37. The first kappa shape index (κ1) is 15.5. The largest absolute Gasteiger partial charge is 0.482 e. The van der Waals surface area contributed by atoms with Crippen LogP contribution in [0.15, 0.2) is 18.2 Å². The van der Waals surface area contributed by atoms with Gasteiger partial charge in [0, 0.05) is 18.7 Å². The number of carbonyl (C=O) groups excluding carboxylic acids is 2. The fourth-order valence-corrected chi connectivity index (χ4v) is 1.60. The van der Waals surface area contributed by atoms with Gasteiger partial charge in [-0.2, -0.15) is 0 Å². The van der Waals surface area contributed by atoms with Crippen LogP contribution in [0.25, 0.3) is 0 Å². The van der Waals surface area contributed by atoms with Gasteiger partial charge in [-0.15, -0.1) is 0 Å². The molecule has 0 aliphatic carbocycles. The Labute approximate surface area is 118 Å². The first-order chi connectivity index (χ1) is 8.82. The van der Waals surface area contributed by atoms with E-state index in [0.717, 1.165) is 0 Å². The molecule has 0 unspecified atom stereocenters. The number of ketones is 1. The molecule has 0 N–H and O–H groups in total. The molecule has 1 rings (SSSR count). The lowest BCUT2D eigenvalue weighted by Gasteiger charge is -2.21. The van der Waals surface area contributed by atoms with E-state index in [1.165, 1.54) is 13.0 Å². The van der Waals surface area contributed by atoms with E-state index in [-0.39, 0.29) is 24.3 Å². The van der Waals surface area contributed by atoms with Crippen LogP contribution in [-0.4, -0.2) is 36.3 Å². The second kappa shape index (κ2) is 6.57. The van der Waals surface area contributed by atoms with Crippen LogP contribution in [-0.2, 0) is 4.79 Å². The molecular weight excluding hydrogens is 266 g/mol. The van der Waals surface area contributed by atoms with Gasteiger partial charge in [-0.05, 0) is 39.0 Å². The van der Waals surface area contributed by atoms with Gasteiger partial charge in [0.15, 0.2) is 12.4 Å². The minimum atomic E-state index is -0.123. The van der Waals surface area contributed by atoms with E-state index in [0.29, 0.717) is 16.3 Å². The minimum Gasteiger partial charge on any atom is -0.482 e. The minimum absolute atomic E-state index is 0.0657. The van der Waals surface area contributed by atoms with Crippen LogP contribution in [0.4, 0.5) is 0 Å². The maximum absolute atomic E-state index is 11.7. The number of hydrogen-bond acceptors (Lipinski definition) is 3. The molecule has 0 saturated heterocycles. The van der Waals surface area contributed by atoms with Crippen LogP contribution in [0.2, 0.25) is 5.02 Å². The van der Waals surface area contributed by atoms with Gasteiger partial charge < -0.3 is 9.64 Å². The standard InChI is InChI=1S/C14H18ClNO3/c1-9(2)16(4)14(18)8-19-13-6-5-11(10(3)17)7-12(13)15/h5-7,9H,8H2,1-4H3. The topological polar surface area (TPSA) is 46.6 Å². The molecule has 0 atom stereocenters. The molecule has 0 saturated carbocycles. The maximum Gasteiger partial charge on any atom is 0.260 e. The summed E-state index contributed by atoms with van der Waals surface area (Å²) >= 11 is 6.00. The zero-order valence-electron chi connectivity index (χ0n) is 11.6. The van der Waals surface area contributed by atoms with E-state index in [1.807, 2.05) is 13.8 Å². The first-order valence-corrected chi connectivity index (χ1v) is 6.39. The zero-order valence-corrected chi connectivity index (χ0v) is 12.3. The Balaban J connectivity index is 2.69. The third kappa shape index (κ3) is 4.24. The summed E-state index contributed by atoms with van der Waals surface area (Å²) in [6, 6.07) is 4.88. The number of rotatable bonds is 5. The third-order valence-corrected chi connectivity index (χ3v) is 3.15. The van der Waals surface area contributed by atoms with E-state index < -0.39 is 0 Å². The number of benzene rings is 1. The lowest BCUT2D eigenvalue weighted by atomic mass is 10.1. The molecule has 0 spiro atoms. The van der Waals surface area contributed by atoms with Gasteiger partial charge in [-0.1, -0.05) is 11.6 Å². The van der Waals surface area contributed by atoms with Gasteiger partial charge in [0.1, 0.15) is 5.75 Å². The number of amides is 1. The van der Waals surface area contributed by atoms with Crippen molar-refractivity contribution in [3.63, 3.8) is 0 Å². The first-order valence-electron chi connectivity index (χ1n) is 6.02. The highest BCUT2D eigenvalue weighted by atomic mass is 35.5. The highest BCUT2D eigenvalue weighted by molar-refractivity contribution is 6.32. The molecule has 5 heteroatoms. The van der Waals surface area contributed by atoms with Crippen molar-refractivity contribution in [2.75, 3.05) is 13.7 Å². The molecule has 0 aliphatic heterocycles. The zero-order chi connectivity index (χ0) is 14.6. The predicted octanol–water partition coefficient (Wildman–Crippen LogP) is 2.79. The van der Waals surface area contributed by atoms with Gasteiger partial charge in [0.25, 0.3) is 5.91 Å². The molecule has 19 heavy (non-hydrogen) atoms. The van der Waals surface area contributed by atoms with Crippen LogP contribution in [0.1, 0.15) is 31.1 Å². The summed E-state index contributed by atoms with van der Waals surface area (Å²) < 4.78 is 5.37. The summed E-state index contributed by atoms with van der Waals surface area (Å²) in [7, 11) is 1.72. The molecule has 104 valence electrons. The van der Waals surface area contributed by atoms with E-state index in [4.69, 9.17) is 16.3 Å². The molecule has 0 heterocycles. The monoisotopic (exact) mass is 283 g/mol. The van der Waals surface area contributed by atoms with E-state index in [1.54, 1.807) is 24.1 Å². The molecule has 0 fully saturated rings. The van der Waals surface area contributed by atoms with Gasteiger partial charge in [0.05, 0.1) is 5.02 Å². The van der Waals surface area contributed by atoms with E-state index >= 15 is 0 Å². The quantitative estimate of drug-likeness (QED) is 0.781. The number of halogens is 1. The Kier molecular flexibility index (Phi) is 5.36. The SMILES string of the molecule is CC(=O)c1ccc(OCC(=O)N(C)C(C)C)c(Cl)c1. The van der Waals surface area contributed by atoms with Crippen LogP contribution in [0.5, 0.6) is 5.75 Å². The summed E-state index contributed by atoms with van der Waals surface area (Å²) in [5.41, 5.74) is 0.517. The lowest BCUT2D eigenvalue weighted by Crippen LogP contribution is -2.36. The predicted molar refractivity (Wildman–Crippen MR) is 74.9 cm³/mol. The molecule has 1 aromatic rings. The Morgan fingerprint density at radius 3 is 2.47 bits per heavy atom. The summed E-state index contributed by atoms with van der Waals surface area (Å²) in [5.74, 6) is 0.211. The van der Waals surface area contributed by atoms with Crippen molar-refractivity contribution in [1.29, 1.82) is 0 Å². The van der Waals surface area contributed by atoms with Crippen molar-refractivity contribution in [3.05, 3.63) is 28.8 Å². The summed E-state index contributed by atoms with van der Waals surface area (Å²) in [6.07, 6.45) is 0. The number of Topliss-reactive ketones (excluding diaryl/α,β-unsaturated/α-hetero) is 1. The molecule has 0 radical (unpaired) electrons. The van der Waals surface area contributed by atoms with Crippen LogP contribution in [0.3, 0.4) is 0 Å². The fraction of sp³-hybridized carbons (Fsp3) is 0.429. The van der Waals surface area contributed by atoms with E-state index in [9.17, 15) is 9.59 Å². The van der Waals surface area contributed by atoms with Crippen molar-refractivity contribution in [3.8, 4) is 5.75 Å². The Bertz CT molecular complexity index is 486. The second-order valence-corrected chi connectivity index (χ2v) is 5.00. The van der Waals surface area contributed by atoms with Gasteiger partial charge in [0.2, 0.25) is 0 Å². The Morgan fingerprint density at radius 2 is 2.00 bits per heavy atom. The van der Waals surface area contributed by atoms with Crippen molar-refractivity contribution >= 4 is 23.3 Å². The van der Waals surface area contributed by atoms with Crippen LogP contribution >= 0.6 is 11.6 Å². The maximum atomic E-state index is 11.7. The number of carbonyl (C=O) groups is 2. The molecular formula is C14H18ClNO3. The van der Waals surface area contributed by atoms with Crippen molar-refractivity contribution < 1.29 is 14.3 Å². The molecule has 1 aromatic carbocycles. The highest BCUT2D eigenvalue weighted by Crippen LogP contribution is 2.25. The number of nitrogens with zero attached hydrogens (tertiary/aromatic N) is 1. The second-order valence-electron chi connectivity index (χ2n) is 4.59. The van der Waals surface area contributed by atoms with Gasteiger partial charge in [-0.3, -0.25) is 9.59 Å². The highest BCUT2D eigenvalue weighted by Gasteiger charge is 2.13. The third-order valence-electron chi connectivity index (χ3n) is 2.86. The summed E-state index contributed by atoms with van der Waals surface area (Å²) in [6.45, 7) is 5.24. The van der Waals surface area contributed by atoms with Gasteiger partial charge >= 0.3 is 0 Å². The Hall–Kier alpha value is -1.55. The van der Waals surface area contributed by atoms with Crippen LogP contribution < -0.4 is 4.74 Å². The van der Waals surface area contributed by atoms with Gasteiger partial charge in [-0.25, -0.2) is 0 Å².